The molecule has 2 N–H and O–H groups in total. The van der Waals surface area contributed by atoms with Crippen molar-refractivity contribution >= 4 is 17.7 Å². The lowest BCUT2D eigenvalue weighted by Crippen LogP contribution is -2.41. The summed E-state index contributed by atoms with van der Waals surface area (Å²) >= 11 is 0. The standard InChI is InChI=1S/C15H22N2O3/c1-4-11(3)17(5-2)15(20)16-13-8-6-7-12(9-13)10-14(18)19/h6-9,11H,4-5,10H2,1-3H3,(H,16,20)(H,18,19). The van der Waals surface area contributed by atoms with Crippen molar-refractivity contribution in [2.75, 3.05) is 11.9 Å². The first-order valence-corrected chi connectivity index (χ1v) is 6.86. The van der Waals surface area contributed by atoms with Gasteiger partial charge in [0.05, 0.1) is 6.42 Å². The fraction of sp³-hybridized carbons (Fsp3) is 0.467. The van der Waals surface area contributed by atoms with Crippen LogP contribution in [0.25, 0.3) is 0 Å². The minimum absolute atomic E-state index is 0.0490. The van der Waals surface area contributed by atoms with E-state index in [0.717, 1.165) is 6.42 Å². The Labute approximate surface area is 119 Å². The van der Waals surface area contributed by atoms with Gasteiger partial charge in [-0.15, -0.1) is 0 Å². The largest absolute Gasteiger partial charge is 0.481 e. The Balaban J connectivity index is 2.76. The number of benzene rings is 1. The van der Waals surface area contributed by atoms with E-state index in [4.69, 9.17) is 5.11 Å². The van der Waals surface area contributed by atoms with E-state index < -0.39 is 5.97 Å². The quantitative estimate of drug-likeness (QED) is 0.840. The molecule has 0 heterocycles. The fourth-order valence-electron chi connectivity index (χ4n) is 2.00. The van der Waals surface area contributed by atoms with Gasteiger partial charge in [0.2, 0.25) is 0 Å². The molecule has 1 aromatic carbocycles. The number of aliphatic carboxylic acids is 1. The molecule has 0 aliphatic heterocycles. The van der Waals surface area contributed by atoms with Gasteiger partial charge in [-0.3, -0.25) is 4.79 Å². The number of hydrogen-bond acceptors (Lipinski definition) is 2. The second-order valence-corrected chi connectivity index (χ2v) is 4.74. The zero-order valence-electron chi connectivity index (χ0n) is 12.2. The minimum atomic E-state index is -0.886. The summed E-state index contributed by atoms with van der Waals surface area (Å²) in [5.41, 5.74) is 1.29. The highest BCUT2D eigenvalue weighted by molar-refractivity contribution is 5.89. The molecule has 0 aromatic heterocycles. The monoisotopic (exact) mass is 278 g/mol. The second-order valence-electron chi connectivity index (χ2n) is 4.74. The Morgan fingerprint density at radius 3 is 2.60 bits per heavy atom. The molecule has 0 aliphatic rings. The van der Waals surface area contributed by atoms with Crippen LogP contribution in [0.5, 0.6) is 0 Å². The average molecular weight is 278 g/mol. The Kier molecular flexibility index (Phi) is 6.03. The third-order valence-electron chi connectivity index (χ3n) is 3.26. The van der Waals surface area contributed by atoms with Gasteiger partial charge in [0, 0.05) is 18.3 Å². The Bertz CT molecular complexity index is 474. The van der Waals surface area contributed by atoms with E-state index in [1.54, 1.807) is 29.2 Å². The molecule has 0 bridgehead atoms. The maximum Gasteiger partial charge on any atom is 0.322 e. The molecule has 0 radical (unpaired) electrons. The zero-order valence-corrected chi connectivity index (χ0v) is 12.2. The average Bonchev–Trinajstić information content (AvgIpc) is 2.38. The molecule has 110 valence electrons. The third-order valence-corrected chi connectivity index (χ3v) is 3.26. The van der Waals surface area contributed by atoms with Gasteiger partial charge in [0.1, 0.15) is 0 Å². The molecule has 5 nitrogen and oxygen atoms in total. The van der Waals surface area contributed by atoms with Crippen LogP contribution in [-0.4, -0.2) is 34.6 Å². The van der Waals surface area contributed by atoms with Crippen LogP contribution in [0.4, 0.5) is 10.5 Å². The first-order chi connectivity index (χ1) is 9.47. The zero-order chi connectivity index (χ0) is 15.1. The first kappa shape index (κ1) is 16.0. The summed E-state index contributed by atoms with van der Waals surface area (Å²) in [4.78, 5) is 24.6. The van der Waals surface area contributed by atoms with E-state index in [0.29, 0.717) is 17.8 Å². The maximum atomic E-state index is 12.2. The number of anilines is 1. The lowest BCUT2D eigenvalue weighted by Gasteiger charge is -2.27. The van der Waals surface area contributed by atoms with E-state index in [9.17, 15) is 9.59 Å². The molecule has 5 heteroatoms. The van der Waals surface area contributed by atoms with Gasteiger partial charge in [0.25, 0.3) is 0 Å². The molecule has 1 aromatic rings. The van der Waals surface area contributed by atoms with Crippen LogP contribution in [0, 0.1) is 0 Å². The number of nitrogens with one attached hydrogen (secondary N) is 1. The van der Waals surface area contributed by atoms with Crippen LogP contribution in [0.1, 0.15) is 32.8 Å². The van der Waals surface area contributed by atoms with Crippen molar-refractivity contribution < 1.29 is 14.7 Å². The summed E-state index contributed by atoms with van der Waals surface area (Å²) in [5.74, 6) is -0.886. The van der Waals surface area contributed by atoms with Crippen molar-refractivity contribution in [3.05, 3.63) is 29.8 Å². The fourth-order valence-corrected chi connectivity index (χ4v) is 2.00. The van der Waals surface area contributed by atoms with Crippen LogP contribution in [0.3, 0.4) is 0 Å². The number of urea groups is 1. The topological polar surface area (TPSA) is 69.6 Å². The lowest BCUT2D eigenvalue weighted by molar-refractivity contribution is -0.136. The smallest absolute Gasteiger partial charge is 0.322 e. The van der Waals surface area contributed by atoms with Crippen molar-refractivity contribution in [3.63, 3.8) is 0 Å². The minimum Gasteiger partial charge on any atom is -0.481 e. The SMILES string of the molecule is CCC(C)N(CC)C(=O)Nc1cccc(CC(=O)O)c1. The highest BCUT2D eigenvalue weighted by Crippen LogP contribution is 2.13. The van der Waals surface area contributed by atoms with Crippen molar-refractivity contribution in [1.82, 2.24) is 4.90 Å². The highest BCUT2D eigenvalue weighted by Gasteiger charge is 2.17. The van der Waals surface area contributed by atoms with E-state index in [1.165, 1.54) is 0 Å². The molecule has 2 amide bonds. The van der Waals surface area contributed by atoms with Crippen LogP contribution in [-0.2, 0) is 11.2 Å². The van der Waals surface area contributed by atoms with E-state index in [1.807, 2.05) is 20.8 Å². The third kappa shape index (κ3) is 4.57. The van der Waals surface area contributed by atoms with Gasteiger partial charge in [0.15, 0.2) is 0 Å². The van der Waals surface area contributed by atoms with Gasteiger partial charge in [-0.25, -0.2) is 4.79 Å². The summed E-state index contributed by atoms with van der Waals surface area (Å²) in [6.45, 7) is 6.61. The van der Waals surface area contributed by atoms with Crippen LogP contribution in [0.15, 0.2) is 24.3 Å². The number of amides is 2. The molecule has 0 saturated heterocycles. The molecule has 1 atom stereocenters. The van der Waals surface area contributed by atoms with Crippen LogP contribution >= 0.6 is 0 Å². The number of rotatable bonds is 6. The summed E-state index contributed by atoms with van der Waals surface area (Å²) in [7, 11) is 0. The molecule has 0 spiro atoms. The molecule has 20 heavy (non-hydrogen) atoms. The summed E-state index contributed by atoms with van der Waals surface area (Å²) in [5, 5.41) is 11.6. The molecular weight excluding hydrogens is 256 g/mol. The Hall–Kier alpha value is -2.04. The van der Waals surface area contributed by atoms with Crippen molar-refractivity contribution in [2.45, 2.75) is 39.7 Å². The number of carboxylic acids is 1. The number of carbonyl (C=O) groups is 2. The van der Waals surface area contributed by atoms with Gasteiger partial charge in [-0.05, 0) is 38.0 Å². The predicted molar refractivity (Wildman–Crippen MR) is 78.9 cm³/mol. The van der Waals surface area contributed by atoms with Crippen molar-refractivity contribution in [3.8, 4) is 0 Å². The van der Waals surface area contributed by atoms with Crippen molar-refractivity contribution in [2.24, 2.45) is 0 Å². The Morgan fingerprint density at radius 2 is 2.05 bits per heavy atom. The Morgan fingerprint density at radius 1 is 1.35 bits per heavy atom. The number of carboxylic acid groups (broad SMARTS) is 1. The highest BCUT2D eigenvalue weighted by atomic mass is 16.4. The van der Waals surface area contributed by atoms with E-state index >= 15 is 0 Å². The molecule has 0 fully saturated rings. The van der Waals surface area contributed by atoms with Gasteiger partial charge in [-0.1, -0.05) is 19.1 Å². The summed E-state index contributed by atoms with van der Waals surface area (Å²) in [6.07, 6.45) is 0.840. The molecule has 0 saturated carbocycles. The summed E-state index contributed by atoms with van der Waals surface area (Å²) < 4.78 is 0. The maximum absolute atomic E-state index is 12.2. The molecule has 1 rings (SSSR count). The van der Waals surface area contributed by atoms with Crippen LogP contribution < -0.4 is 5.32 Å². The van der Waals surface area contributed by atoms with Gasteiger partial charge < -0.3 is 15.3 Å². The van der Waals surface area contributed by atoms with E-state index in [-0.39, 0.29) is 18.5 Å². The first-order valence-electron chi connectivity index (χ1n) is 6.86. The number of carbonyl (C=O) groups excluding carboxylic acids is 1. The van der Waals surface area contributed by atoms with E-state index in [2.05, 4.69) is 5.32 Å². The van der Waals surface area contributed by atoms with Crippen LogP contribution in [0.2, 0.25) is 0 Å². The molecule has 1 unspecified atom stereocenters. The lowest BCUT2D eigenvalue weighted by atomic mass is 10.1. The molecular formula is C15H22N2O3. The second kappa shape index (κ2) is 7.53. The molecule has 0 aliphatic carbocycles. The normalized spacial score (nSPS) is 11.8. The number of hydrogen-bond donors (Lipinski definition) is 2. The van der Waals surface area contributed by atoms with Gasteiger partial charge >= 0.3 is 12.0 Å². The summed E-state index contributed by atoms with van der Waals surface area (Å²) in [6, 6.07) is 6.93. The van der Waals surface area contributed by atoms with Crippen molar-refractivity contribution in [1.29, 1.82) is 0 Å². The number of nitrogens with zero attached hydrogens (tertiary/aromatic N) is 1. The predicted octanol–water partition coefficient (Wildman–Crippen LogP) is 2.97. The van der Waals surface area contributed by atoms with Gasteiger partial charge in [-0.2, -0.15) is 0 Å².